The van der Waals surface area contributed by atoms with E-state index in [9.17, 15) is 4.79 Å². The summed E-state index contributed by atoms with van der Waals surface area (Å²) in [4.78, 5) is 16.8. The summed E-state index contributed by atoms with van der Waals surface area (Å²) in [7, 11) is 3.92. The predicted octanol–water partition coefficient (Wildman–Crippen LogP) is 4.50. The molecule has 156 valence electrons. The van der Waals surface area contributed by atoms with Gasteiger partial charge >= 0.3 is 6.03 Å². The van der Waals surface area contributed by atoms with Crippen molar-refractivity contribution < 1.29 is 9.53 Å². The summed E-state index contributed by atoms with van der Waals surface area (Å²) in [5.74, 6) is 1.59. The van der Waals surface area contributed by atoms with E-state index in [2.05, 4.69) is 35.5 Å². The first-order valence-corrected chi connectivity index (χ1v) is 10.6. The van der Waals surface area contributed by atoms with Crippen molar-refractivity contribution in [2.75, 3.05) is 45.7 Å². The van der Waals surface area contributed by atoms with Gasteiger partial charge in [-0.15, -0.1) is 0 Å². The number of piperidine rings is 1. The first-order valence-electron chi connectivity index (χ1n) is 10.6. The van der Waals surface area contributed by atoms with Crippen LogP contribution < -0.4 is 10.1 Å². The summed E-state index contributed by atoms with van der Waals surface area (Å²) in [6.45, 7) is 3.86. The van der Waals surface area contributed by atoms with E-state index in [0.29, 0.717) is 5.92 Å². The minimum atomic E-state index is 0.0151. The van der Waals surface area contributed by atoms with Crippen molar-refractivity contribution >= 4 is 11.7 Å². The van der Waals surface area contributed by atoms with Gasteiger partial charge in [0.05, 0.1) is 7.11 Å². The molecule has 0 aromatic heterocycles. The number of amides is 2. The van der Waals surface area contributed by atoms with E-state index < -0.39 is 0 Å². The van der Waals surface area contributed by atoms with Crippen LogP contribution in [0.5, 0.6) is 5.75 Å². The third-order valence-corrected chi connectivity index (χ3v) is 5.64. The third-order valence-electron chi connectivity index (χ3n) is 5.64. The minimum absolute atomic E-state index is 0.0151. The number of nitrogens with one attached hydrogen (secondary N) is 1. The summed E-state index contributed by atoms with van der Waals surface area (Å²) in [6.07, 6.45) is 4.35. The number of rotatable bonds is 8. The van der Waals surface area contributed by atoms with Crippen molar-refractivity contribution in [3.05, 3.63) is 60.2 Å². The molecule has 1 heterocycles. The maximum atomic E-state index is 12.4. The highest BCUT2D eigenvalue weighted by molar-refractivity contribution is 5.89. The largest absolute Gasteiger partial charge is 0.497 e. The Morgan fingerprint density at radius 1 is 1.14 bits per heavy atom. The van der Waals surface area contributed by atoms with Crippen molar-refractivity contribution in [1.82, 2.24) is 9.80 Å². The summed E-state index contributed by atoms with van der Waals surface area (Å²) in [6, 6.07) is 18.0. The number of hydrogen-bond acceptors (Lipinski definition) is 3. The lowest BCUT2D eigenvalue weighted by molar-refractivity contribution is 0.163. The summed E-state index contributed by atoms with van der Waals surface area (Å²) in [5, 5.41) is 2.99. The van der Waals surface area contributed by atoms with Crippen LogP contribution in [-0.2, 0) is 6.42 Å². The smallest absolute Gasteiger partial charge is 0.321 e. The van der Waals surface area contributed by atoms with E-state index in [4.69, 9.17) is 4.74 Å². The summed E-state index contributed by atoms with van der Waals surface area (Å²) >= 11 is 0. The molecule has 1 saturated heterocycles. The van der Waals surface area contributed by atoms with E-state index in [0.717, 1.165) is 63.3 Å². The monoisotopic (exact) mass is 395 g/mol. The molecule has 0 saturated carbocycles. The second kappa shape index (κ2) is 10.9. The Morgan fingerprint density at radius 2 is 1.90 bits per heavy atom. The van der Waals surface area contributed by atoms with Crippen LogP contribution in [0.4, 0.5) is 10.5 Å². The lowest BCUT2D eigenvalue weighted by Gasteiger charge is -2.34. The molecule has 0 bridgehead atoms. The van der Waals surface area contributed by atoms with Crippen molar-refractivity contribution in [2.45, 2.75) is 25.7 Å². The number of para-hydroxylation sites is 1. The Kier molecular flexibility index (Phi) is 7.94. The Morgan fingerprint density at radius 3 is 2.62 bits per heavy atom. The average molecular weight is 396 g/mol. The molecule has 3 rings (SSSR count). The number of benzene rings is 2. The SMILES string of the molecule is COc1cccc(CCCN(C)CC2CCN(C(=O)Nc3ccccc3)CC2)c1. The van der Waals surface area contributed by atoms with E-state index >= 15 is 0 Å². The standard InChI is InChI=1S/C24H33N3O2/c1-26(15-7-9-20-8-6-12-23(18-20)29-2)19-21-13-16-27(17-14-21)24(28)25-22-10-4-3-5-11-22/h3-6,8,10-12,18,21H,7,9,13-17,19H2,1-2H3,(H,25,28). The molecule has 29 heavy (non-hydrogen) atoms. The maximum Gasteiger partial charge on any atom is 0.321 e. The molecule has 1 fully saturated rings. The number of carbonyl (C=O) groups is 1. The number of urea groups is 1. The minimum Gasteiger partial charge on any atom is -0.497 e. The lowest BCUT2D eigenvalue weighted by Crippen LogP contribution is -2.43. The number of carbonyl (C=O) groups excluding carboxylic acids is 1. The second-order valence-corrected chi connectivity index (χ2v) is 7.94. The van der Waals surface area contributed by atoms with Crippen LogP contribution in [0.2, 0.25) is 0 Å². The lowest BCUT2D eigenvalue weighted by atomic mass is 9.96. The molecule has 1 aliphatic rings. The molecule has 2 amide bonds. The number of ether oxygens (including phenoxy) is 1. The van der Waals surface area contributed by atoms with Crippen molar-refractivity contribution in [2.24, 2.45) is 5.92 Å². The number of hydrogen-bond donors (Lipinski definition) is 1. The highest BCUT2D eigenvalue weighted by Gasteiger charge is 2.23. The zero-order chi connectivity index (χ0) is 20.5. The fraction of sp³-hybridized carbons (Fsp3) is 0.458. The van der Waals surface area contributed by atoms with Gasteiger partial charge in [-0.1, -0.05) is 30.3 Å². The highest BCUT2D eigenvalue weighted by Crippen LogP contribution is 2.20. The van der Waals surface area contributed by atoms with Gasteiger partial charge in [0.1, 0.15) is 5.75 Å². The molecule has 0 radical (unpaired) electrons. The van der Waals surface area contributed by atoms with E-state index in [1.807, 2.05) is 41.3 Å². The molecular weight excluding hydrogens is 362 g/mol. The van der Waals surface area contributed by atoms with Gasteiger partial charge in [0.25, 0.3) is 0 Å². The molecule has 2 aromatic rings. The molecule has 0 unspecified atom stereocenters. The fourth-order valence-electron chi connectivity index (χ4n) is 3.96. The zero-order valence-corrected chi connectivity index (χ0v) is 17.6. The van der Waals surface area contributed by atoms with Gasteiger partial charge in [-0.2, -0.15) is 0 Å². The highest BCUT2D eigenvalue weighted by atomic mass is 16.5. The molecule has 0 atom stereocenters. The normalized spacial score (nSPS) is 14.8. The summed E-state index contributed by atoms with van der Waals surface area (Å²) < 4.78 is 5.30. The third kappa shape index (κ3) is 6.79. The molecule has 5 heteroatoms. The van der Waals surface area contributed by atoms with Gasteiger partial charge in [0, 0.05) is 25.3 Å². The Balaban J connectivity index is 1.34. The van der Waals surface area contributed by atoms with Gasteiger partial charge in [-0.25, -0.2) is 4.79 Å². The van der Waals surface area contributed by atoms with Crippen LogP contribution in [-0.4, -0.2) is 56.2 Å². The van der Waals surface area contributed by atoms with E-state index in [1.54, 1.807) is 7.11 Å². The van der Waals surface area contributed by atoms with Gasteiger partial charge in [-0.05, 0) is 75.0 Å². The van der Waals surface area contributed by atoms with Gasteiger partial charge < -0.3 is 19.9 Å². The number of aryl methyl sites for hydroxylation is 1. The molecule has 0 aliphatic carbocycles. The second-order valence-electron chi connectivity index (χ2n) is 7.94. The van der Waals surface area contributed by atoms with E-state index in [1.165, 1.54) is 5.56 Å². The van der Waals surface area contributed by atoms with Crippen molar-refractivity contribution in [1.29, 1.82) is 0 Å². The van der Waals surface area contributed by atoms with Gasteiger partial charge in [-0.3, -0.25) is 0 Å². The first-order chi connectivity index (χ1) is 14.1. The topological polar surface area (TPSA) is 44.8 Å². The van der Waals surface area contributed by atoms with Crippen molar-refractivity contribution in [3.8, 4) is 5.75 Å². The van der Waals surface area contributed by atoms with Gasteiger partial charge in [0.2, 0.25) is 0 Å². The predicted molar refractivity (Wildman–Crippen MR) is 119 cm³/mol. The molecule has 1 N–H and O–H groups in total. The average Bonchev–Trinajstić information content (AvgIpc) is 2.75. The fourth-order valence-corrected chi connectivity index (χ4v) is 3.96. The number of nitrogens with zero attached hydrogens (tertiary/aromatic N) is 2. The van der Waals surface area contributed by atoms with Gasteiger partial charge in [0.15, 0.2) is 0 Å². The Labute approximate surface area is 174 Å². The molecule has 1 aliphatic heterocycles. The Bertz CT molecular complexity index is 758. The Hall–Kier alpha value is -2.53. The van der Waals surface area contributed by atoms with Crippen LogP contribution in [0.3, 0.4) is 0 Å². The number of methoxy groups -OCH3 is 1. The van der Waals surface area contributed by atoms with Crippen LogP contribution >= 0.6 is 0 Å². The molecule has 2 aromatic carbocycles. The van der Waals surface area contributed by atoms with Crippen LogP contribution in [0.15, 0.2) is 54.6 Å². The number of likely N-dealkylation sites (tertiary alicyclic amines) is 1. The van der Waals surface area contributed by atoms with Crippen molar-refractivity contribution in [3.63, 3.8) is 0 Å². The van der Waals surface area contributed by atoms with E-state index in [-0.39, 0.29) is 6.03 Å². The quantitative estimate of drug-likeness (QED) is 0.716. The molecular formula is C24H33N3O2. The first kappa shape index (κ1) is 21.2. The summed E-state index contributed by atoms with van der Waals surface area (Å²) in [5.41, 5.74) is 2.19. The molecule has 5 nitrogen and oxygen atoms in total. The van der Waals surface area contributed by atoms with Crippen LogP contribution in [0, 0.1) is 5.92 Å². The van der Waals surface area contributed by atoms with Crippen LogP contribution in [0.1, 0.15) is 24.8 Å². The van der Waals surface area contributed by atoms with Crippen LogP contribution in [0.25, 0.3) is 0 Å². The zero-order valence-electron chi connectivity index (χ0n) is 17.6. The molecule has 0 spiro atoms. The maximum absolute atomic E-state index is 12.4. The number of anilines is 1.